The van der Waals surface area contributed by atoms with Crippen LogP contribution in [0.5, 0.6) is 11.5 Å². The molecule has 29 heavy (non-hydrogen) atoms. The third-order valence-corrected chi connectivity index (χ3v) is 4.94. The van der Waals surface area contributed by atoms with E-state index in [9.17, 15) is 0 Å². The first-order valence-corrected chi connectivity index (χ1v) is 9.58. The standard InChI is InChI=1S/C22H30N2O3.2ClH/c1-25-21-6-4-3-5-19(21)9-10-23-16-18-7-8-22(26-2)20(15-18)17-24-11-13-27-14-12-24;;/h3-8,15,23H,9-14,16-17H2,1-2H3;2*1H. The van der Waals surface area contributed by atoms with Gasteiger partial charge in [0, 0.05) is 31.7 Å². The van der Waals surface area contributed by atoms with Crippen molar-refractivity contribution in [3.05, 3.63) is 59.2 Å². The van der Waals surface area contributed by atoms with Crippen LogP contribution in [0.25, 0.3) is 0 Å². The lowest BCUT2D eigenvalue weighted by Gasteiger charge is -2.27. The Morgan fingerprint density at radius 2 is 1.62 bits per heavy atom. The summed E-state index contributed by atoms with van der Waals surface area (Å²) in [6, 6.07) is 14.7. The van der Waals surface area contributed by atoms with Crippen LogP contribution in [0.3, 0.4) is 0 Å². The first-order chi connectivity index (χ1) is 13.3. The van der Waals surface area contributed by atoms with E-state index in [0.717, 1.165) is 63.9 Å². The zero-order chi connectivity index (χ0) is 18.9. The van der Waals surface area contributed by atoms with Gasteiger partial charge in [-0.3, -0.25) is 4.90 Å². The van der Waals surface area contributed by atoms with Crippen LogP contribution in [0.4, 0.5) is 0 Å². The van der Waals surface area contributed by atoms with Gasteiger partial charge in [-0.05, 0) is 42.3 Å². The fourth-order valence-corrected chi connectivity index (χ4v) is 3.43. The highest BCUT2D eigenvalue weighted by molar-refractivity contribution is 5.85. The second-order valence-corrected chi connectivity index (χ2v) is 6.77. The van der Waals surface area contributed by atoms with Gasteiger partial charge >= 0.3 is 0 Å². The summed E-state index contributed by atoms with van der Waals surface area (Å²) in [6.07, 6.45) is 0.945. The molecule has 2 aromatic carbocycles. The summed E-state index contributed by atoms with van der Waals surface area (Å²) >= 11 is 0. The summed E-state index contributed by atoms with van der Waals surface area (Å²) in [5, 5.41) is 3.54. The second-order valence-electron chi connectivity index (χ2n) is 6.77. The van der Waals surface area contributed by atoms with Crippen molar-refractivity contribution in [2.75, 3.05) is 47.1 Å². The Hall–Kier alpha value is -1.50. The highest BCUT2D eigenvalue weighted by Gasteiger charge is 2.13. The molecular weight excluding hydrogens is 411 g/mol. The molecule has 7 heteroatoms. The molecule has 1 saturated heterocycles. The molecule has 0 atom stereocenters. The number of para-hydroxylation sites is 1. The summed E-state index contributed by atoms with van der Waals surface area (Å²) in [5.41, 5.74) is 3.75. The molecular formula is C22H32Cl2N2O3. The number of nitrogens with one attached hydrogen (secondary N) is 1. The number of methoxy groups -OCH3 is 2. The first kappa shape index (κ1) is 25.5. The van der Waals surface area contributed by atoms with Gasteiger partial charge in [-0.2, -0.15) is 0 Å². The quantitative estimate of drug-likeness (QED) is 0.599. The highest BCUT2D eigenvalue weighted by Crippen LogP contribution is 2.22. The van der Waals surface area contributed by atoms with Gasteiger partial charge in [0.05, 0.1) is 27.4 Å². The molecule has 0 radical (unpaired) electrons. The molecule has 1 fully saturated rings. The largest absolute Gasteiger partial charge is 0.496 e. The summed E-state index contributed by atoms with van der Waals surface area (Å²) in [7, 11) is 3.46. The van der Waals surface area contributed by atoms with Crippen molar-refractivity contribution in [3.63, 3.8) is 0 Å². The van der Waals surface area contributed by atoms with Gasteiger partial charge in [0.2, 0.25) is 0 Å². The topological polar surface area (TPSA) is 43.0 Å². The van der Waals surface area contributed by atoms with Crippen LogP contribution < -0.4 is 14.8 Å². The maximum absolute atomic E-state index is 5.56. The molecule has 1 N–H and O–H groups in total. The number of morpholine rings is 1. The van der Waals surface area contributed by atoms with Gasteiger partial charge in [0.1, 0.15) is 11.5 Å². The Morgan fingerprint density at radius 1 is 0.931 bits per heavy atom. The van der Waals surface area contributed by atoms with E-state index in [-0.39, 0.29) is 24.8 Å². The van der Waals surface area contributed by atoms with Gasteiger partial charge in [-0.1, -0.05) is 24.3 Å². The van der Waals surface area contributed by atoms with Crippen LogP contribution in [-0.4, -0.2) is 52.0 Å². The molecule has 5 nitrogen and oxygen atoms in total. The molecule has 1 aliphatic rings. The Labute approximate surface area is 186 Å². The molecule has 162 valence electrons. The van der Waals surface area contributed by atoms with Crippen LogP contribution in [-0.2, 0) is 24.2 Å². The molecule has 0 aromatic heterocycles. The minimum Gasteiger partial charge on any atom is -0.496 e. The van der Waals surface area contributed by atoms with E-state index >= 15 is 0 Å². The fourth-order valence-electron chi connectivity index (χ4n) is 3.43. The summed E-state index contributed by atoms with van der Waals surface area (Å²) < 4.78 is 16.4. The number of halogens is 2. The van der Waals surface area contributed by atoms with E-state index in [1.807, 2.05) is 12.1 Å². The van der Waals surface area contributed by atoms with Crippen molar-refractivity contribution in [1.29, 1.82) is 0 Å². The second kappa shape index (κ2) is 13.7. The molecule has 0 aliphatic carbocycles. The maximum atomic E-state index is 5.56. The van der Waals surface area contributed by atoms with E-state index in [0.29, 0.717) is 0 Å². The number of rotatable bonds is 9. The molecule has 0 bridgehead atoms. The van der Waals surface area contributed by atoms with E-state index in [2.05, 4.69) is 40.5 Å². The van der Waals surface area contributed by atoms with Crippen molar-refractivity contribution in [2.24, 2.45) is 0 Å². The normalized spacial score (nSPS) is 13.9. The number of nitrogens with zero attached hydrogens (tertiary/aromatic N) is 1. The van der Waals surface area contributed by atoms with Crippen molar-refractivity contribution in [2.45, 2.75) is 19.5 Å². The van der Waals surface area contributed by atoms with Gasteiger partial charge < -0.3 is 19.5 Å². The Bertz CT molecular complexity index is 725. The zero-order valence-corrected chi connectivity index (χ0v) is 18.8. The molecule has 1 aliphatic heterocycles. The Morgan fingerprint density at radius 3 is 2.34 bits per heavy atom. The smallest absolute Gasteiger partial charge is 0.123 e. The molecule has 0 spiro atoms. The fraction of sp³-hybridized carbons (Fsp3) is 0.455. The van der Waals surface area contributed by atoms with E-state index in [4.69, 9.17) is 14.2 Å². The van der Waals surface area contributed by atoms with Crippen molar-refractivity contribution in [1.82, 2.24) is 10.2 Å². The van der Waals surface area contributed by atoms with Gasteiger partial charge in [0.25, 0.3) is 0 Å². The summed E-state index contributed by atoms with van der Waals surface area (Å²) in [4.78, 5) is 2.42. The molecule has 0 amide bonds. The number of benzene rings is 2. The molecule has 1 heterocycles. The number of hydrogen-bond donors (Lipinski definition) is 1. The Balaban J connectivity index is 0.00000210. The summed E-state index contributed by atoms with van der Waals surface area (Å²) in [6.45, 7) is 6.23. The van der Waals surface area contributed by atoms with Crippen LogP contribution >= 0.6 is 24.8 Å². The van der Waals surface area contributed by atoms with Crippen LogP contribution in [0, 0.1) is 0 Å². The monoisotopic (exact) mass is 442 g/mol. The van der Waals surface area contributed by atoms with E-state index < -0.39 is 0 Å². The van der Waals surface area contributed by atoms with Crippen LogP contribution in [0.2, 0.25) is 0 Å². The molecule has 0 unspecified atom stereocenters. The average molecular weight is 443 g/mol. The van der Waals surface area contributed by atoms with Crippen molar-refractivity contribution >= 4 is 24.8 Å². The number of hydrogen-bond acceptors (Lipinski definition) is 5. The van der Waals surface area contributed by atoms with Gasteiger partial charge in [0.15, 0.2) is 0 Å². The third-order valence-electron chi connectivity index (χ3n) is 4.94. The average Bonchev–Trinajstić information content (AvgIpc) is 2.72. The summed E-state index contributed by atoms with van der Waals surface area (Å²) in [5.74, 6) is 1.91. The van der Waals surface area contributed by atoms with Crippen LogP contribution in [0.15, 0.2) is 42.5 Å². The molecule has 3 rings (SSSR count). The van der Waals surface area contributed by atoms with Gasteiger partial charge in [-0.15, -0.1) is 24.8 Å². The SMILES string of the molecule is COc1ccccc1CCNCc1ccc(OC)c(CN2CCOCC2)c1.Cl.Cl. The molecule has 2 aromatic rings. The van der Waals surface area contributed by atoms with Crippen molar-refractivity contribution < 1.29 is 14.2 Å². The predicted octanol–water partition coefficient (Wildman–Crippen LogP) is 3.71. The predicted molar refractivity (Wildman–Crippen MR) is 122 cm³/mol. The lowest BCUT2D eigenvalue weighted by molar-refractivity contribution is 0.0339. The highest BCUT2D eigenvalue weighted by atomic mass is 35.5. The van der Waals surface area contributed by atoms with Crippen molar-refractivity contribution in [3.8, 4) is 11.5 Å². The third kappa shape index (κ3) is 7.68. The first-order valence-electron chi connectivity index (χ1n) is 9.58. The lowest BCUT2D eigenvalue weighted by atomic mass is 10.1. The van der Waals surface area contributed by atoms with Gasteiger partial charge in [-0.25, -0.2) is 0 Å². The zero-order valence-electron chi connectivity index (χ0n) is 17.2. The van der Waals surface area contributed by atoms with Crippen LogP contribution in [0.1, 0.15) is 16.7 Å². The van der Waals surface area contributed by atoms with E-state index in [1.165, 1.54) is 16.7 Å². The minimum absolute atomic E-state index is 0. The van der Waals surface area contributed by atoms with E-state index in [1.54, 1.807) is 14.2 Å². The lowest BCUT2D eigenvalue weighted by Crippen LogP contribution is -2.35. The molecule has 0 saturated carbocycles. The Kier molecular flexibility index (Phi) is 12.0. The maximum Gasteiger partial charge on any atom is 0.123 e. The number of ether oxygens (including phenoxy) is 3. The minimum atomic E-state index is 0.